The van der Waals surface area contributed by atoms with E-state index in [1.165, 1.54) is 0 Å². The van der Waals surface area contributed by atoms with Crippen LogP contribution in [0.25, 0.3) is 0 Å². The molecule has 1 aliphatic heterocycles. The maximum Gasteiger partial charge on any atom is 0.225 e. The van der Waals surface area contributed by atoms with Gasteiger partial charge >= 0.3 is 0 Å². The highest BCUT2D eigenvalue weighted by Gasteiger charge is 2.18. The van der Waals surface area contributed by atoms with Gasteiger partial charge in [-0.25, -0.2) is 0 Å². The number of nitrogen functional groups attached to an aromatic ring is 1. The predicted molar refractivity (Wildman–Crippen MR) is 75.8 cm³/mol. The number of nitrogens with zero attached hydrogens (tertiary/aromatic N) is 1. The van der Waals surface area contributed by atoms with Crippen molar-refractivity contribution >= 4 is 17.3 Å². The fraction of sp³-hybridized carbons (Fsp3) is 0.500. The van der Waals surface area contributed by atoms with E-state index in [2.05, 4.69) is 10.2 Å². The van der Waals surface area contributed by atoms with Gasteiger partial charge in [0.1, 0.15) is 0 Å². The zero-order valence-electron chi connectivity index (χ0n) is 11.0. The minimum Gasteiger partial charge on any atom is -0.397 e. The molecule has 1 heterocycles. The van der Waals surface area contributed by atoms with Crippen molar-refractivity contribution in [3.8, 4) is 0 Å². The zero-order chi connectivity index (χ0) is 13.7. The third kappa shape index (κ3) is 4.22. The quantitative estimate of drug-likeness (QED) is 0.710. The second kappa shape index (κ2) is 6.54. The van der Waals surface area contributed by atoms with Crippen LogP contribution in [-0.4, -0.2) is 41.7 Å². The summed E-state index contributed by atoms with van der Waals surface area (Å²) in [4.78, 5) is 14.0. The van der Waals surface area contributed by atoms with Gasteiger partial charge in [0.05, 0.1) is 17.5 Å². The molecule has 0 aromatic heterocycles. The molecular formula is C14H21N3O2. The number of likely N-dealkylation sites (tertiary alicyclic amines) is 1. The largest absolute Gasteiger partial charge is 0.397 e. The molecule has 1 fully saturated rings. The van der Waals surface area contributed by atoms with Crippen LogP contribution in [0.5, 0.6) is 0 Å². The Labute approximate surface area is 113 Å². The Hall–Kier alpha value is -1.59. The molecule has 0 spiro atoms. The highest BCUT2D eigenvalue weighted by molar-refractivity contribution is 5.93. The summed E-state index contributed by atoms with van der Waals surface area (Å²) >= 11 is 0. The molecule has 4 N–H and O–H groups in total. The number of aliphatic hydroxyl groups is 1. The molecule has 1 aliphatic rings. The van der Waals surface area contributed by atoms with Crippen LogP contribution in [0, 0.1) is 0 Å². The average molecular weight is 263 g/mol. The molecule has 0 saturated carbocycles. The molecule has 0 radical (unpaired) electrons. The number of hydrogen-bond donors (Lipinski definition) is 3. The molecule has 5 heteroatoms. The van der Waals surface area contributed by atoms with Crippen molar-refractivity contribution in [1.29, 1.82) is 0 Å². The van der Waals surface area contributed by atoms with Crippen LogP contribution in [-0.2, 0) is 4.79 Å². The van der Waals surface area contributed by atoms with Crippen molar-refractivity contribution < 1.29 is 9.90 Å². The summed E-state index contributed by atoms with van der Waals surface area (Å²) in [5, 5.41) is 12.4. The highest BCUT2D eigenvalue weighted by atomic mass is 16.3. The van der Waals surface area contributed by atoms with Gasteiger partial charge in [-0.05, 0) is 31.5 Å². The van der Waals surface area contributed by atoms with E-state index in [0.717, 1.165) is 19.4 Å². The van der Waals surface area contributed by atoms with Crippen molar-refractivity contribution in [3.63, 3.8) is 0 Å². The number of nitrogens with two attached hydrogens (primary N) is 1. The topological polar surface area (TPSA) is 78.6 Å². The number of β-amino-alcohol motifs (C(OH)–C–C–N with tert-alkyl or cyclic N) is 1. The van der Waals surface area contributed by atoms with E-state index in [0.29, 0.717) is 30.9 Å². The number of anilines is 2. The smallest absolute Gasteiger partial charge is 0.225 e. The van der Waals surface area contributed by atoms with E-state index in [4.69, 9.17) is 5.73 Å². The third-order valence-electron chi connectivity index (χ3n) is 3.37. The molecule has 1 saturated heterocycles. The van der Waals surface area contributed by atoms with Gasteiger partial charge in [0.2, 0.25) is 5.91 Å². The van der Waals surface area contributed by atoms with Gasteiger partial charge in [-0.1, -0.05) is 12.1 Å². The number of para-hydroxylation sites is 2. The molecule has 0 bridgehead atoms. The van der Waals surface area contributed by atoms with Gasteiger partial charge in [0, 0.05) is 19.5 Å². The molecule has 1 unspecified atom stereocenters. The SMILES string of the molecule is Nc1ccccc1NC(=O)CCN1CCCC(O)C1. The Balaban J connectivity index is 1.77. The first-order valence-electron chi connectivity index (χ1n) is 6.70. The molecule has 104 valence electrons. The van der Waals surface area contributed by atoms with E-state index in [1.54, 1.807) is 12.1 Å². The predicted octanol–water partition coefficient (Wildman–Crippen LogP) is 1.05. The lowest BCUT2D eigenvalue weighted by Crippen LogP contribution is -2.39. The Morgan fingerprint density at radius 3 is 3.00 bits per heavy atom. The fourth-order valence-electron chi connectivity index (χ4n) is 2.32. The summed E-state index contributed by atoms with van der Waals surface area (Å²) in [5.41, 5.74) is 7.00. The summed E-state index contributed by atoms with van der Waals surface area (Å²) < 4.78 is 0. The average Bonchev–Trinajstić information content (AvgIpc) is 2.39. The molecule has 19 heavy (non-hydrogen) atoms. The van der Waals surface area contributed by atoms with Crippen molar-refractivity contribution in [1.82, 2.24) is 4.90 Å². The second-order valence-electron chi connectivity index (χ2n) is 4.98. The molecule has 2 rings (SSSR count). The molecule has 1 aromatic rings. The van der Waals surface area contributed by atoms with E-state index in [-0.39, 0.29) is 12.0 Å². The van der Waals surface area contributed by atoms with E-state index in [1.807, 2.05) is 12.1 Å². The van der Waals surface area contributed by atoms with Crippen molar-refractivity contribution in [2.75, 3.05) is 30.7 Å². The summed E-state index contributed by atoms with van der Waals surface area (Å²) in [7, 11) is 0. The lowest BCUT2D eigenvalue weighted by atomic mass is 10.1. The minimum absolute atomic E-state index is 0.0436. The maximum atomic E-state index is 11.8. The highest BCUT2D eigenvalue weighted by Crippen LogP contribution is 2.17. The fourth-order valence-corrected chi connectivity index (χ4v) is 2.32. The summed E-state index contributed by atoms with van der Waals surface area (Å²) in [6.45, 7) is 2.30. The molecule has 1 amide bonds. The molecule has 1 atom stereocenters. The van der Waals surface area contributed by atoms with Crippen molar-refractivity contribution in [3.05, 3.63) is 24.3 Å². The molecule has 1 aromatic carbocycles. The number of amides is 1. The first kappa shape index (κ1) is 13.8. The maximum absolute atomic E-state index is 11.8. The number of carbonyl (C=O) groups is 1. The third-order valence-corrected chi connectivity index (χ3v) is 3.37. The number of nitrogens with one attached hydrogen (secondary N) is 1. The van der Waals surface area contributed by atoms with E-state index < -0.39 is 0 Å². The van der Waals surface area contributed by atoms with Gasteiger partial charge < -0.3 is 21.1 Å². The lowest BCUT2D eigenvalue weighted by Gasteiger charge is -2.29. The van der Waals surface area contributed by atoms with E-state index >= 15 is 0 Å². The van der Waals surface area contributed by atoms with Crippen molar-refractivity contribution in [2.24, 2.45) is 0 Å². The van der Waals surface area contributed by atoms with Crippen LogP contribution in [0.2, 0.25) is 0 Å². The van der Waals surface area contributed by atoms with Crippen LogP contribution in [0.3, 0.4) is 0 Å². The van der Waals surface area contributed by atoms with Gasteiger partial charge in [-0.15, -0.1) is 0 Å². The molecular weight excluding hydrogens is 242 g/mol. The number of hydrogen-bond acceptors (Lipinski definition) is 4. The van der Waals surface area contributed by atoms with E-state index in [9.17, 15) is 9.90 Å². The molecule has 0 aliphatic carbocycles. The first-order chi connectivity index (χ1) is 9.15. The van der Waals surface area contributed by atoms with Crippen LogP contribution < -0.4 is 11.1 Å². The molecule has 5 nitrogen and oxygen atoms in total. The Morgan fingerprint density at radius 1 is 1.47 bits per heavy atom. The van der Waals surface area contributed by atoms with Crippen LogP contribution in [0.1, 0.15) is 19.3 Å². The summed E-state index contributed by atoms with van der Waals surface area (Å²) in [5.74, 6) is -0.0436. The van der Waals surface area contributed by atoms with Gasteiger partial charge in [-0.3, -0.25) is 4.79 Å². The van der Waals surface area contributed by atoms with Crippen LogP contribution >= 0.6 is 0 Å². The number of rotatable bonds is 4. The number of piperidine rings is 1. The minimum atomic E-state index is -0.249. The summed E-state index contributed by atoms with van der Waals surface area (Å²) in [6.07, 6.45) is 2.03. The Bertz CT molecular complexity index is 436. The second-order valence-corrected chi connectivity index (χ2v) is 4.98. The Morgan fingerprint density at radius 2 is 2.26 bits per heavy atom. The van der Waals surface area contributed by atoms with Crippen molar-refractivity contribution in [2.45, 2.75) is 25.4 Å². The first-order valence-corrected chi connectivity index (χ1v) is 6.70. The monoisotopic (exact) mass is 263 g/mol. The Kier molecular flexibility index (Phi) is 4.76. The van der Waals surface area contributed by atoms with Gasteiger partial charge in [-0.2, -0.15) is 0 Å². The zero-order valence-corrected chi connectivity index (χ0v) is 11.0. The van der Waals surface area contributed by atoms with Gasteiger partial charge in [0.15, 0.2) is 0 Å². The van der Waals surface area contributed by atoms with Gasteiger partial charge in [0.25, 0.3) is 0 Å². The lowest BCUT2D eigenvalue weighted by molar-refractivity contribution is -0.116. The van der Waals surface area contributed by atoms with Crippen LogP contribution in [0.4, 0.5) is 11.4 Å². The standard InChI is InChI=1S/C14H21N3O2/c15-12-5-1-2-6-13(12)16-14(19)7-9-17-8-3-4-11(18)10-17/h1-2,5-6,11,18H,3-4,7-10,15H2,(H,16,19). The summed E-state index contributed by atoms with van der Waals surface area (Å²) in [6, 6.07) is 7.22. The van der Waals surface area contributed by atoms with Crippen LogP contribution in [0.15, 0.2) is 24.3 Å². The number of carbonyl (C=O) groups excluding carboxylic acids is 1. The number of benzene rings is 1. The normalized spacial score (nSPS) is 20.2. The number of aliphatic hydroxyl groups excluding tert-OH is 1.